The number of hydrogen-bond donors (Lipinski definition) is 3. The van der Waals surface area contributed by atoms with Crippen LogP contribution in [-0.2, 0) is 0 Å². The molecule has 72 valence electrons. The zero-order valence-corrected chi connectivity index (χ0v) is 9.47. The highest BCUT2D eigenvalue weighted by molar-refractivity contribution is 9.10. The van der Waals surface area contributed by atoms with Crippen LogP contribution in [0.5, 0.6) is 0 Å². The Morgan fingerprint density at radius 2 is 2.07 bits per heavy atom. The van der Waals surface area contributed by atoms with Gasteiger partial charge in [0.2, 0.25) is 0 Å². The summed E-state index contributed by atoms with van der Waals surface area (Å²) in [7, 11) is -1.43. The predicted octanol–water partition coefficient (Wildman–Crippen LogP) is 0.926. The van der Waals surface area contributed by atoms with Crippen LogP contribution >= 0.6 is 27.3 Å². The lowest BCUT2D eigenvalue weighted by molar-refractivity contribution is 0.426. The van der Waals surface area contributed by atoms with Crippen molar-refractivity contribution in [3.63, 3.8) is 0 Å². The van der Waals surface area contributed by atoms with E-state index in [1.54, 1.807) is 11.4 Å². The lowest BCUT2D eigenvalue weighted by Gasteiger charge is -2.00. The van der Waals surface area contributed by atoms with Gasteiger partial charge in [-0.05, 0) is 38.8 Å². The molecular formula is C8H7BBrNO2S. The van der Waals surface area contributed by atoms with E-state index in [1.807, 2.05) is 6.07 Å². The maximum Gasteiger partial charge on any atom is 0.489 e. The first kappa shape index (κ1) is 9.98. The van der Waals surface area contributed by atoms with Crippen LogP contribution in [0.15, 0.2) is 22.0 Å². The third-order valence-corrected chi connectivity index (χ3v) is 3.65. The molecule has 3 nitrogen and oxygen atoms in total. The van der Waals surface area contributed by atoms with Crippen LogP contribution in [0.1, 0.15) is 0 Å². The first-order valence-corrected chi connectivity index (χ1v) is 5.59. The normalized spacial score (nSPS) is 10.8. The molecule has 0 saturated carbocycles. The summed E-state index contributed by atoms with van der Waals surface area (Å²) < 4.78 is 1.72. The third kappa shape index (κ3) is 1.54. The number of rotatable bonds is 1. The zero-order valence-electron chi connectivity index (χ0n) is 7.07. The number of nitrogens with two attached hydrogens (primary N) is 1. The van der Waals surface area contributed by atoms with Crippen molar-refractivity contribution in [2.24, 2.45) is 0 Å². The minimum absolute atomic E-state index is 0.519. The Hall–Kier alpha value is -0.555. The second-order valence-corrected chi connectivity index (χ2v) is 4.70. The molecule has 0 unspecified atom stereocenters. The standard InChI is InChI=1S/C8H7BBrNO2S/c10-6-1-4-5(9(12)13)3-14-8(4)2-7(6)11/h1-3,12-13H,11H2. The van der Waals surface area contributed by atoms with Gasteiger partial charge >= 0.3 is 7.12 Å². The van der Waals surface area contributed by atoms with Gasteiger partial charge in [-0.3, -0.25) is 0 Å². The van der Waals surface area contributed by atoms with E-state index in [9.17, 15) is 0 Å². The quantitative estimate of drug-likeness (QED) is 0.534. The fraction of sp³-hybridized carbons (Fsp3) is 0. The molecule has 14 heavy (non-hydrogen) atoms. The number of hydrogen-bond acceptors (Lipinski definition) is 4. The highest BCUT2D eigenvalue weighted by atomic mass is 79.9. The molecule has 0 atom stereocenters. The molecule has 0 radical (unpaired) electrons. The van der Waals surface area contributed by atoms with Gasteiger partial charge in [-0.25, -0.2) is 0 Å². The number of fused-ring (bicyclic) bond motifs is 1. The first-order valence-electron chi connectivity index (χ1n) is 3.92. The molecule has 4 N–H and O–H groups in total. The predicted molar refractivity (Wildman–Crippen MR) is 63.8 cm³/mol. The summed E-state index contributed by atoms with van der Waals surface area (Å²) in [6.45, 7) is 0. The van der Waals surface area contributed by atoms with Crippen LogP contribution in [0.3, 0.4) is 0 Å². The molecule has 1 heterocycles. The fourth-order valence-electron chi connectivity index (χ4n) is 1.28. The van der Waals surface area contributed by atoms with E-state index in [0.717, 1.165) is 14.6 Å². The maximum atomic E-state index is 9.09. The van der Waals surface area contributed by atoms with Gasteiger partial charge in [0.1, 0.15) is 0 Å². The van der Waals surface area contributed by atoms with Gasteiger partial charge in [-0.1, -0.05) is 0 Å². The van der Waals surface area contributed by atoms with E-state index in [1.165, 1.54) is 11.3 Å². The number of thiophene rings is 1. The third-order valence-electron chi connectivity index (χ3n) is 2.00. The number of halogens is 1. The van der Waals surface area contributed by atoms with Gasteiger partial charge in [0, 0.05) is 20.3 Å². The van der Waals surface area contributed by atoms with Crippen LogP contribution in [0.4, 0.5) is 5.69 Å². The Kier molecular flexibility index (Phi) is 2.53. The van der Waals surface area contributed by atoms with Crippen LogP contribution < -0.4 is 11.2 Å². The van der Waals surface area contributed by atoms with Crippen molar-refractivity contribution < 1.29 is 10.0 Å². The van der Waals surface area contributed by atoms with E-state index >= 15 is 0 Å². The van der Waals surface area contributed by atoms with Crippen molar-refractivity contribution >= 4 is 55.6 Å². The van der Waals surface area contributed by atoms with Gasteiger partial charge in [-0.2, -0.15) is 0 Å². The highest BCUT2D eigenvalue weighted by Crippen LogP contribution is 2.28. The molecule has 0 aliphatic carbocycles. The molecule has 1 aromatic heterocycles. The number of benzene rings is 1. The molecule has 0 bridgehead atoms. The summed E-state index contributed by atoms with van der Waals surface area (Å²) >= 11 is 4.74. The summed E-state index contributed by atoms with van der Waals surface area (Å²) in [5, 5.41) is 20.7. The Labute approximate surface area is 93.4 Å². The monoisotopic (exact) mass is 271 g/mol. The van der Waals surface area contributed by atoms with Crippen LogP contribution in [0.2, 0.25) is 0 Å². The van der Waals surface area contributed by atoms with Gasteiger partial charge in [0.15, 0.2) is 0 Å². The Morgan fingerprint density at radius 1 is 1.36 bits per heavy atom. The van der Waals surface area contributed by atoms with Gasteiger partial charge in [0.05, 0.1) is 0 Å². The van der Waals surface area contributed by atoms with E-state index in [2.05, 4.69) is 15.9 Å². The molecule has 0 saturated heterocycles. The van der Waals surface area contributed by atoms with Gasteiger partial charge < -0.3 is 15.8 Å². The highest BCUT2D eigenvalue weighted by Gasteiger charge is 2.17. The van der Waals surface area contributed by atoms with E-state index in [0.29, 0.717) is 11.2 Å². The number of nitrogen functional groups attached to an aromatic ring is 1. The fourth-order valence-corrected chi connectivity index (χ4v) is 2.63. The second kappa shape index (κ2) is 3.54. The molecule has 6 heteroatoms. The minimum Gasteiger partial charge on any atom is -0.423 e. The average molecular weight is 272 g/mol. The zero-order chi connectivity index (χ0) is 10.3. The summed E-state index contributed by atoms with van der Waals surface area (Å²) in [5.41, 5.74) is 6.88. The largest absolute Gasteiger partial charge is 0.489 e. The van der Waals surface area contributed by atoms with E-state index in [-0.39, 0.29) is 0 Å². The van der Waals surface area contributed by atoms with Gasteiger partial charge in [0.25, 0.3) is 0 Å². The molecule has 0 spiro atoms. The summed E-state index contributed by atoms with van der Waals surface area (Å²) in [5.74, 6) is 0. The minimum atomic E-state index is -1.43. The maximum absolute atomic E-state index is 9.09. The smallest absolute Gasteiger partial charge is 0.423 e. The van der Waals surface area contributed by atoms with Crippen molar-refractivity contribution in [3.05, 3.63) is 22.0 Å². The Bertz CT molecular complexity index is 485. The molecule has 0 aliphatic rings. The van der Waals surface area contributed by atoms with Crippen LogP contribution in [-0.4, -0.2) is 17.2 Å². The SMILES string of the molecule is Nc1cc2scc(B(O)O)c2cc1Br. The average Bonchev–Trinajstić information content (AvgIpc) is 2.48. The summed E-state index contributed by atoms with van der Waals surface area (Å²) in [6, 6.07) is 3.62. The Morgan fingerprint density at radius 3 is 2.71 bits per heavy atom. The van der Waals surface area contributed by atoms with E-state index in [4.69, 9.17) is 15.8 Å². The van der Waals surface area contributed by atoms with Crippen molar-refractivity contribution in [2.45, 2.75) is 0 Å². The Balaban J connectivity index is 2.74. The van der Waals surface area contributed by atoms with Crippen molar-refractivity contribution in [1.29, 1.82) is 0 Å². The molecular weight excluding hydrogens is 265 g/mol. The van der Waals surface area contributed by atoms with Crippen molar-refractivity contribution in [2.75, 3.05) is 5.73 Å². The topological polar surface area (TPSA) is 66.5 Å². The molecule has 2 aromatic rings. The van der Waals surface area contributed by atoms with Crippen LogP contribution in [0, 0.1) is 0 Å². The second-order valence-electron chi connectivity index (χ2n) is 2.93. The lowest BCUT2D eigenvalue weighted by atomic mass is 9.80. The van der Waals surface area contributed by atoms with Crippen molar-refractivity contribution in [1.82, 2.24) is 0 Å². The van der Waals surface area contributed by atoms with Crippen molar-refractivity contribution in [3.8, 4) is 0 Å². The molecule has 1 aromatic carbocycles. The lowest BCUT2D eigenvalue weighted by Crippen LogP contribution is -2.28. The number of anilines is 1. The summed E-state index contributed by atoms with van der Waals surface area (Å²) in [6.07, 6.45) is 0. The van der Waals surface area contributed by atoms with E-state index < -0.39 is 7.12 Å². The summed E-state index contributed by atoms with van der Waals surface area (Å²) in [4.78, 5) is 0. The molecule has 0 aliphatic heterocycles. The molecule has 0 amide bonds. The molecule has 0 fully saturated rings. The first-order chi connectivity index (χ1) is 6.59. The van der Waals surface area contributed by atoms with Crippen LogP contribution in [0.25, 0.3) is 10.1 Å². The molecule has 2 rings (SSSR count). The van der Waals surface area contributed by atoms with Gasteiger partial charge in [-0.15, -0.1) is 11.3 Å².